The first kappa shape index (κ1) is 22.9. The maximum absolute atomic E-state index is 12.2. The van der Waals surface area contributed by atoms with Crippen LogP contribution in [0.3, 0.4) is 0 Å². The molecule has 2 amide bonds. The molecule has 1 atom stereocenters. The van der Waals surface area contributed by atoms with Crippen LogP contribution in [0.25, 0.3) is 0 Å². The Kier molecular flexibility index (Phi) is 9.42. The number of benzene rings is 1. The maximum Gasteiger partial charge on any atom is 0.308 e. The van der Waals surface area contributed by atoms with Gasteiger partial charge in [0.2, 0.25) is 11.8 Å². The van der Waals surface area contributed by atoms with Crippen molar-refractivity contribution in [2.45, 2.75) is 45.6 Å². The molecular weight excluding hydrogens is 360 g/mol. The number of carbonyl (C=O) groups is 3. The number of amidine groups is 1. The van der Waals surface area contributed by atoms with Gasteiger partial charge in [-0.1, -0.05) is 13.0 Å². The third-order valence-electron chi connectivity index (χ3n) is 3.97. The number of esters is 1. The lowest BCUT2D eigenvalue weighted by atomic mass is 10.1. The minimum atomic E-state index is -0.541. The van der Waals surface area contributed by atoms with Gasteiger partial charge in [-0.3, -0.25) is 19.8 Å². The average molecular weight is 388 g/mol. The molecule has 1 aromatic carbocycles. The summed E-state index contributed by atoms with van der Waals surface area (Å²) in [4.78, 5) is 35.7. The smallest absolute Gasteiger partial charge is 0.308 e. The van der Waals surface area contributed by atoms with Crippen molar-refractivity contribution in [1.82, 2.24) is 5.32 Å². The van der Waals surface area contributed by atoms with Crippen LogP contribution >= 0.6 is 0 Å². The predicted octanol–water partition coefficient (Wildman–Crippen LogP) is 1.88. The summed E-state index contributed by atoms with van der Waals surface area (Å²) in [5.41, 5.74) is 7.55. The zero-order chi connectivity index (χ0) is 21.1. The molecule has 1 aromatic rings. The third kappa shape index (κ3) is 7.61. The van der Waals surface area contributed by atoms with E-state index in [4.69, 9.17) is 15.9 Å². The highest BCUT2D eigenvalue weighted by Crippen LogP contribution is 2.18. The molecule has 152 valence electrons. The Morgan fingerprint density at radius 1 is 1.25 bits per heavy atom. The van der Waals surface area contributed by atoms with Gasteiger partial charge >= 0.3 is 5.97 Å². The van der Waals surface area contributed by atoms with E-state index in [9.17, 15) is 14.4 Å². The van der Waals surface area contributed by atoms with E-state index in [0.717, 1.165) is 5.56 Å². The van der Waals surface area contributed by atoms with Crippen LogP contribution < -0.4 is 16.4 Å². The van der Waals surface area contributed by atoms with Gasteiger partial charge in [0.25, 0.3) is 0 Å². The van der Waals surface area contributed by atoms with Crippen LogP contribution in [0, 0.1) is 5.41 Å². The summed E-state index contributed by atoms with van der Waals surface area (Å²) in [6.45, 7) is 7.49. The number of hydrogen-bond donors (Lipinski definition) is 4. The Morgan fingerprint density at radius 3 is 2.50 bits per heavy atom. The van der Waals surface area contributed by atoms with Crippen LogP contribution in [0.4, 0.5) is 5.69 Å². The summed E-state index contributed by atoms with van der Waals surface area (Å²) in [5, 5.41) is 12.9. The minimum Gasteiger partial charge on any atom is -0.466 e. The van der Waals surface area contributed by atoms with E-state index in [2.05, 4.69) is 17.2 Å². The van der Waals surface area contributed by atoms with Crippen LogP contribution in [0.5, 0.6) is 0 Å². The number of aryl methyl sites for hydroxylation is 1. The number of carbonyl (C=O) groups excluding carboxylic acids is 3. The normalized spacial score (nSPS) is 11.2. The number of nitrogen functional groups attached to an aromatic ring is 1. The average Bonchev–Trinajstić information content (AvgIpc) is 2.66. The highest BCUT2D eigenvalue weighted by Gasteiger charge is 2.15. The summed E-state index contributed by atoms with van der Waals surface area (Å²) < 4.78 is 4.84. The van der Waals surface area contributed by atoms with Gasteiger partial charge < -0.3 is 21.1 Å². The predicted molar refractivity (Wildman–Crippen MR) is 108 cm³/mol. The Bertz CT molecular complexity index is 746. The first-order valence-corrected chi connectivity index (χ1v) is 9.15. The Morgan fingerprint density at radius 2 is 1.93 bits per heavy atom. The van der Waals surface area contributed by atoms with Crippen molar-refractivity contribution in [1.29, 1.82) is 5.41 Å². The SMILES string of the molecule is C=CC(CC(=O)OCC)NC(=O)CCC(=O)Nc1ccc(C(=N)N)cc1CC. The highest BCUT2D eigenvalue weighted by molar-refractivity contribution is 5.97. The van der Waals surface area contributed by atoms with Crippen molar-refractivity contribution >= 4 is 29.3 Å². The monoisotopic (exact) mass is 388 g/mol. The molecular formula is C20H28N4O4. The summed E-state index contributed by atoms with van der Waals surface area (Å²) in [6.07, 6.45) is 2.08. The van der Waals surface area contributed by atoms with E-state index in [1.807, 2.05) is 6.92 Å². The van der Waals surface area contributed by atoms with Crippen LogP contribution in [-0.2, 0) is 25.5 Å². The van der Waals surface area contributed by atoms with Gasteiger partial charge in [-0.15, -0.1) is 6.58 Å². The number of nitrogens with two attached hydrogens (primary N) is 1. The molecule has 0 radical (unpaired) electrons. The van der Waals surface area contributed by atoms with E-state index in [-0.39, 0.29) is 43.5 Å². The maximum atomic E-state index is 12.2. The lowest BCUT2D eigenvalue weighted by Crippen LogP contribution is -2.35. The van der Waals surface area contributed by atoms with Gasteiger partial charge in [0.1, 0.15) is 5.84 Å². The van der Waals surface area contributed by atoms with Crippen LogP contribution in [-0.4, -0.2) is 36.3 Å². The lowest BCUT2D eigenvalue weighted by Gasteiger charge is -2.14. The standard InChI is InChI=1S/C20H28N4O4/c1-4-13-11-14(20(21)22)7-8-16(13)24-18(26)10-9-17(25)23-15(5-2)12-19(27)28-6-3/h5,7-8,11,15H,2,4,6,9-10,12H2,1,3H3,(H3,21,22)(H,23,25)(H,24,26). The van der Waals surface area contributed by atoms with Crippen molar-refractivity contribution in [3.05, 3.63) is 42.0 Å². The molecule has 5 N–H and O–H groups in total. The van der Waals surface area contributed by atoms with Crippen molar-refractivity contribution < 1.29 is 19.1 Å². The fraction of sp³-hybridized carbons (Fsp3) is 0.400. The van der Waals surface area contributed by atoms with Gasteiger partial charge in [0.15, 0.2) is 0 Å². The second-order valence-corrected chi connectivity index (χ2v) is 6.11. The number of anilines is 1. The van der Waals surface area contributed by atoms with Gasteiger partial charge in [0, 0.05) is 24.1 Å². The van der Waals surface area contributed by atoms with Gasteiger partial charge in [-0.05, 0) is 37.1 Å². The van der Waals surface area contributed by atoms with E-state index in [1.54, 1.807) is 25.1 Å². The number of amides is 2. The lowest BCUT2D eigenvalue weighted by molar-refractivity contribution is -0.143. The fourth-order valence-electron chi connectivity index (χ4n) is 2.49. The molecule has 1 unspecified atom stereocenters. The number of rotatable bonds is 11. The first-order valence-electron chi connectivity index (χ1n) is 9.15. The molecule has 8 heteroatoms. The summed E-state index contributed by atoms with van der Waals surface area (Å²) in [6, 6.07) is 4.57. The molecule has 0 aliphatic carbocycles. The number of hydrogen-bond acceptors (Lipinski definition) is 5. The zero-order valence-corrected chi connectivity index (χ0v) is 16.3. The molecule has 0 fully saturated rings. The minimum absolute atomic E-state index is 0.00235. The third-order valence-corrected chi connectivity index (χ3v) is 3.97. The van der Waals surface area contributed by atoms with Crippen molar-refractivity contribution in [2.75, 3.05) is 11.9 Å². The van der Waals surface area contributed by atoms with E-state index < -0.39 is 12.0 Å². The topological polar surface area (TPSA) is 134 Å². The van der Waals surface area contributed by atoms with E-state index in [1.165, 1.54) is 6.08 Å². The zero-order valence-electron chi connectivity index (χ0n) is 16.3. The molecule has 28 heavy (non-hydrogen) atoms. The van der Waals surface area contributed by atoms with Gasteiger partial charge in [-0.2, -0.15) is 0 Å². The quantitative estimate of drug-likeness (QED) is 0.199. The molecule has 0 bridgehead atoms. The first-order chi connectivity index (χ1) is 13.3. The van der Waals surface area contributed by atoms with Crippen molar-refractivity contribution in [3.8, 4) is 0 Å². The summed E-state index contributed by atoms with van der Waals surface area (Å²) in [7, 11) is 0. The molecule has 1 rings (SSSR count). The van der Waals surface area contributed by atoms with E-state index >= 15 is 0 Å². The number of ether oxygens (including phenoxy) is 1. The fourth-order valence-corrected chi connectivity index (χ4v) is 2.49. The summed E-state index contributed by atoms with van der Waals surface area (Å²) in [5.74, 6) is -1.12. The van der Waals surface area contributed by atoms with Crippen LogP contribution in [0.15, 0.2) is 30.9 Å². The molecule has 0 spiro atoms. The Balaban J connectivity index is 2.55. The molecule has 8 nitrogen and oxygen atoms in total. The van der Waals surface area contributed by atoms with Crippen LogP contribution in [0.2, 0.25) is 0 Å². The number of nitrogens with one attached hydrogen (secondary N) is 3. The molecule has 0 aliphatic heterocycles. The van der Waals surface area contributed by atoms with Crippen LogP contribution in [0.1, 0.15) is 44.2 Å². The largest absolute Gasteiger partial charge is 0.466 e. The second-order valence-electron chi connectivity index (χ2n) is 6.11. The molecule has 0 aromatic heterocycles. The summed E-state index contributed by atoms with van der Waals surface area (Å²) >= 11 is 0. The van der Waals surface area contributed by atoms with E-state index in [0.29, 0.717) is 17.7 Å². The van der Waals surface area contributed by atoms with Gasteiger partial charge in [0.05, 0.1) is 19.1 Å². The molecule has 0 heterocycles. The molecule has 0 saturated heterocycles. The molecule has 0 saturated carbocycles. The molecule has 0 aliphatic rings. The Labute approximate surface area is 165 Å². The van der Waals surface area contributed by atoms with Crippen molar-refractivity contribution in [3.63, 3.8) is 0 Å². The van der Waals surface area contributed by atoms with Crippen molar-refractivity contribution in [2.24, 2.45) is 5.73 Å². The van der Waals surface area contributed by atoms with Gasteiger partial charge in [-0.25, -0.2) is 0 Å². The Hall–Kier alpha value is -3.16. The second kappa shape index (κ2) is 11.5. The highest BCUT2D eigenvalue weighted by atomic mass is 16.5.